The van der Waals surface area contributed by atoms with Gasteiger partial charge in [0.1, 0.15) is 0 Å². The van der Waals surface area contributed by atoms with Crippen molar-refractivity contribution in [2.45, 2.75) is 17.4 Å². The Balaban J connectivity index is 2.01. The summed E-state index contributed by atoms with van der Waals surface area (Å²) < 4.78 is 29.8. The van der Waals surface area contributed by atoms with Crippen LogP contribution in [0.15, 0.2) is 29.2 Å². The Kier molecular flexibility index (Phi) is 4.76. The fourth-order valence-corrected chi connectivity index (χ4v) is 3.55. The highest BCUT2D eigenvalue weighted by molar-refractivity contribution is 7.91. The third kappa shape index (κ3) is 3.57. The Bertz CT molecular complexity index is 601. The van der Waals surface area contributed by atoms with E-state index in [-0.39, 0.29) is 10.6 Å². The summed E-state index contributed by atoms with van der Waals surface area (Å²) in [5, 5.41) is 8.82. The number of ether oxygens (including phenoxy) is 1. The molecule has 2 rings (SSSR count). The fourth-order valence-electron chi connectivity index (χ4n) is 2.19. The van der Waals surface area contributed by atoms with Crippen LogP contribution in [0, 0.1) is 11.3 Å². The van der Waals surface area contributed by atoms with Gasteiger partial charge in [-0.2, -0.15) is 5.26 Å². The quantitative estimate of drug-likeness (QED) is 0.812. The van der Waals surface area contributed by atoms with Crippen molar-refractivity contribution in [3.8, 4) is 6.07 Å². The molecule has 0 spiro atoms. The summed E-state index contributed by atoms with van der Waals surface area (Å²) in [5.41, 5.74) is 0.364. The van der Waals surface area contributed by atoms with Crippen LogP contribution in [-0.4, -0.2) is 51.9 Å². The number of hydrogen-bond donors (Lipinski definition) is 0. The molecule has 1 atom stereocenters. The number of sulfone groups is 1. The number of hydrogen-bond acceptors (Lipinski definition) is 5. The van der Waals surface area contributed by atoms with Crippen LogP contribution in [-0.2, 0) is 14.6 Å². The first-order chi connectivity index (χ1) is 9.53. The molecule has 0 amide bonds. The lowest BCUT2D eigenvalue weighted by molar-refractivity contribution is 0.162. The first kappa shape index (κ1) is 15.0. The van der Waals surface area contributed by atoms with Crippen LogP contribution in [0.3, 0.4) is 0 Å². The fraction of sp³-hybridized carbons (Fsp3) is 0.500. The third-order valence-electron chi connectivity index (χ3n) is 3.56. The van der Waals surface area contributed by atoms with Crippen molar-refractivity contribution in [1.82, 2.24) is 4.90 Å². The highest BCUT2D eigenvalue weighted by Gasteiger charge is 2.22. The van der Waals surface area contributed by atoms with Crippen LogP contribution in [0.5, 0.6) is 0 Å². The molecule has 1 unspecified atom stereocenters. The molecular formula is C14H18N2O3S. The molecule has 1 aromatic rings. The molecule has 1 heterocycles. The van der Waals surface area contributed by atoms with Gasteiger partial charge in [0.2, 0.25) is 0 Å². The van der Waals surface area contributed by atoms with Crippen molar-refractivity contribution in [2.24, 2.45) is 0 Å². The summed E-state index contributed by atoms with van der Waals surface area (Å²) in [5.74, 6) is 0.0505. The minimum Gasteiger partial charge on any atom is -0.380 e. The van der Waals surface area contributed by atoms with E-state index in [2.05, 4.69) is 0 Å². The van der Waals surface area contributed by atoms with E-state index in [4.69, 9.17) is 10.00 Å². The van der Waals surface area contributed by atoms with E-state index in [1.165, 1.54) is 12.1 Å². The minimum absolute atomic E-state index is 0.0505. The molecule has 1 aliphatic heterocycles. The zero-order valence-corrected chi connectivity index (χ0v) is 12.3. The van der Waals surface area contributed by atoms with E-state index < -0.39 is 9.84 Å². The van der Waals surface area contributed by atoms with Gasteiger partial charge in [-0.3, -0.25) is 0 Å². The molecule has 0 bridgehead atoms. The van der Waals surface area contributed by atoms with Crippen LogP contribution in [0.4, 0.5) is 0 Å². The van der Waals surface area contributed by atoms with Gasteiger partial charge in [-0.15, -0.1) is 0 Å². The molecule has 0 radical (unpaired) electrons. The highest BCUT2D eigenvalue weighted by Crippen LogP contribution is 2.15. The van der Waals surface area contributed by atoms with Crippen molar-refractivity contribution < 1.29 is 13.2 Å². The molecule has 1 aromatic carbocycles. The van der Waals surface area contributed by atoms with Crippen molar-refractivity contribution >= 4 is 9.84 Å². The molecule has 1 aliphatic rings. The van der Waals surface area contributed by atoms with Gasteiger partial charge >= 0.3 is 0 Å². The van der Waals surface area contributed by atoms with E-state index in [1.54, 1.807) is 12.1 Å². The van der Waals surface area contributed by atoms with Crippen molar-refractivity contribution in [2.75, 3.05) is 32.6 Å². The van der Waals surface area contributed by atoms with Gasteiger partial charge in [0.05, 0.1) is 28.9 Å². The predicted molar refractivity (Wildman–Crippen MR) is 75.1 cm³/mol. The number of benzene rings is 1. The van der Waals surface area contributed by atoms with E-state index in [1.807, 2.05) is 18.0 Å². The second-order valence-electron chi connectivity index (χ2n) is 4.96. The minimum atomic E-state index is -3.35. The molecule has 20 heavy (non-hydrogen) atoms. The second-order valence-corrected chi connectivity index (χ2v) is 7.07. The maximum absolute atomic E-state index is 12.3. The number of nitriles is 1. The molecule has 108 valence electrons. The van der Waals surface area contributed by atoms with Crippen LogP contribution in [0.2, 0.25) is 0 Å². The summed E-state index contributed by atoms with van der Waals surface area (Å²) >= 11 is 0. The molecule has 0 saturated carbocycles. The number of nitrogens with zero attached hydrogens (tertiary/aromatic N) is 2. The van der Waals surface area contributed by atoms with Crippen LogP contribution < -0.4 is 0 Å². The standard InChI is InChI=1S/C14H18N2O3S/c1-16(13-5-7-19-11-13)6-8-20(17,18)14-4-2-3-12(9-14)10-15/h2-4,9,13H,5-8,11H2,1H3. The summed E-state index contributed by atoms with van der Waals surface area (Å²) in [7, 11) is -1.43. The maximum atomic E-state index is 12.3. The maximum Gasteiger partial charge on any atom is 0.179 e. The SMILES string of the molecule is CN(CCS(=O)(=O)c1cccc(C#N)c1)C1CCOC1. The number of likely N-dealkylation sites (N-methyl/N-ethyl adjacent to an activating group) is 1. The van der Waals surface area contributed by atoms with Gasteiger partial charge in [-0.05, 0) is 31.7 Å². The van der Waals surface area contributed by atoms with Crippen molar-refractivity contribution in [1.29, 1.82) is 5.26 Å². The van der Waals surface area contributed by atoms with Crippen LogP contribution >= 0.6 is 0 Å². The molecule has 0 aliphatic carbocycles. The van der Waals surface area contributed by atoms with E-state index >= 15 is 0 Å². The lowest BCUT2D eigenvalue weighted by Gasteiger charge is -2.22. The summed E-state index contributed by atoms with van der Waals surface area (Å²) in [4.78, 5) is 2.24. The molecule has 0 N–H and O–H groups in total. The summed E-state index contributed by atoms with van der Waals surface area (Å²) in [6, 6.07) is 8.42. The monoisotopic (exact) mass is 294 g/mol. The molecular weight excluding hydrogens is 276 g/mol. The number of rotatable bonds is 5. The van der Waals surface area contributed by atoms with E-state index in [9.17, 15) is 8.42 Å². The molecule has 5 nitrogen and oxygen atoms in total. The van der Waals surface area contributed by atoms with Gasteiger partial charge in [0.15, 0.2) is 9.84 Å². The lowest BCUT2D eigenvalue weighted by atomic mass is 10.2. The first-order valence-corrected chi connectivity index (χ1v) is 8.19. The van der Waals surface area contributed by atoms with Gasteiger partial charge in [0, 0.05) is 19.2 Å². The Hall–Kier alpha value is -1.42. The van der Waals surface area contributed by atoms with Gasteiger partial charge in [0.25, 0.3) is 0 Å². The van der Waals surface area contributed by atoms with E-state index in [0.29, 0.717) is 24.8 Å². The lowest BCUT2D eigenvalue weighted by Crippen LogP contribution is -2.35. The second kappa shape index (κ2) is 6.35. The average Bonchev–Trinajstić information content (AvgIpc) is 2.99. The van der Waals surface area contributed by atoms with Crippen LogP contribution in [0.25, 0.3) is 0 Å². The van der Waals surface area contributed by atoms with Gasteiger partial charge in [-0.25, -0.2) is 8.42 Å². The zero-order chi connectivity index (χ0) is 14.6. The first-order valence-electron chi connectivity index (χ1n) is 6.54. The molecule has 0 aromatic heterocycles. The predicted octanol–water partition coefficient (Wildman–Crippen LogP) is 1.05. The smallest absolute Gasteiger partial charge is 0.179 e. The average molecular weight is 294 g/mol. The summed E-state index contributed by atoms with van der Waals surface area (Å²) in [6.45, 7) is 1.87. The van der Waals surface area contributed by atoms with Gasteiger partial charge < -0.3 is 9.64 Å². The normalized spacial score (nSPS) is 19.1. The Morgan fingerprint density at radius 2 is 2.30 bits per heavy atom. The van der Waals surface area contributed by atoms with E-state index in [0.717, 1.165) is 13.0 Å². The highest BCUT2D eigenvalue weighted by atomic mass is 32.2. The molecule has 1 fully saturated rings. The zero-order valence-electron chi connectivity index (χ0n) is 11.4. The Morgan fingerprint density at radius 1 is 1.50 bits per heavy atom. The molecule has 1 saturated heterocycles. The molecule has 6 heteroatoms. The Labute approximate surface area is 119 Å². The third-order valence-corrected chi connectivity index (χ3v) is 5.26. The topological polar surface area (TPSA) is 70.4 Å². The largest absolute Gasteiger partial charge is 0.380 e. The Morgan fingerprint density at radius 3 is 2.95 bits per heavy atom. The van der Waals surface area contributed by atoms with Crippen LogP contribution in [0.1, 0.15) is 12.0 Å². The van der Waals surface area contributed by atoms with Crippen molar-refractivity contribution in [3.05, 3.63) is 29.8 Å². The summed E-state index contributed by atoms with van der Waals surface area (Å²) in [6.07, 6.45) is 0.945. The van der Waals surface area contributed by atoms with Crippen molar-refractivity contribution in [3.63, 3.8) is 0 Å². The van der Waals surface area contributed by atoms with Gasteiger partial charge in [-0.1, -0.05) is 6.07 Å².